The van der Waals surface area contributed by atoms with E-state index in [2.05, 4.69) is 6.92 Å². The lowest BCUT2D eigenvalue weighted by molar-refractivity contribution is 0.265. The zero-order chi connectivity index (χ0) is 6.27. The van der Waals surface area contributed by atoms with E-state index >= 15 is 0 Å². The Bertz CT molecular complexity index is 107. The molecule has 0 aliphatic heterocycles. The molecule has 9 heavy (non-hydrogen) atoms. The minimum Gasteiger partial charge on any atom is -0.0622 e. The molecule has 0 heteroatoms. The summed E-state index contributed by atoms with van der Waals surface area (Å²) in [5.74, 6) is 3.33. The standard InChI is InChI=1S/C9H16/c1-7-2-3-8-4-5-9(7)6-8/h7-9H,2-6H2,1H3. The first-order valence-electron chi connectivity index (χ1n) is 4.36. The van der Waals surface area contributed by atoms with E-state index in [1.165, 1.54) is 12.8 Å². The summed E-state index contributed by atoms with van der Waals surface area (Å²) in [6.07, 6.45) is 7.73. The van der Waals surface area contributed by atoms with Gasteiger partial charge in [0, 0.05) is 0 Å². The maximum atomic E-state index is 2.44. The smallest absolute Gasteiger partial charge is 0.0386 e. The molecule has 0 saturated heterocycles. The Labute approximate surface area is 57.6 Å². The second kappa shape index (κ2) is 2.00. The summed E-state index contributed by atoms with van der Waals surface area (Å²) in [7, 11) is 0. The highest BCUT2D eigenvalue weighted by molar-refractivity contribution is 4.84. The van der Waals surface area contributed by atoms with Crippen molar-refractivity contribution in [3.63, 3.8) is 0 Å². The summed E-state index contributed by atoms with van der Waals surface area (Å²) in [4.78, 5) is 0. The van der Waals surface area contributed by atoms with Crippen molar-refractivity contribution in [2.75, 3.05) is 0 Å². The van der Waals surface area contributed by atoms with Crippen molar-refractivity contribution < 1.29 is 0 Å². The van der Waals surface area contributed by atoms with Crippen LogP contribution in [0.4, 0.5) is 0 Å². The minimum absolute atomic E-state index is 1.06. The lowest BCUT2D eigenvalue weighted by Gasteiger charge is -2.24. The molecule has 2 saturated carbocycles. The quantitative estimate of drug-likeness (QED) is 0.466. The number of rotatable bonds is 0. The van der Waals surface area contributed by atoms with E-state index in [0.717, 1.165) is 17.8 Å². The Morgan fingerprint density at radius 2 is 1.78 bits per heavy atom. The highest BCUT2D eigenvalue weighted by Gasteiger charge is 2.32. The molecular formula is C9H16. The summed E-state index contributed by atoms with van der Waals surface area (Å²) < 4.78 is 0. The maximum Gasteiger partial charge on any atom is -0.0386 e. The van der Waals surface area contributed by atoms with Crippen LogP contribution in [0.1, 0.15) is 39.0 Å². The Kier molecular flexibility index (Phi) is 1.28. The molecule has 0 aromatic carbocycles. The van der Waals surface area contributed by atoms with E-state index in [0.29, 0.717) is 0 Å². The lowest BCUT2D eigenvalue weighted by atomic mass is 9.81. The fraction of sp³-hybridized carbons (Fsp3) is 1.00. The van der Waals surface area contributed by atoms with E-state index in [1.54, 1.807) is 19.3 Å². The third-order valence-electron chi connectivity index (χ3n) is 3.42. The third-order valence-corrected chi connectivity index (χ3v) is 3.42. The van der Waals surface area contributed by atoms with Gasteiger partial charge in [0.15, 0.2) is 0 Å². The van der Waals surface area contributed by atoms with Gasteiger partial charge >= 0.3 is 0 Å². The van der Waals surface area contributed by atoms with E-state index in [4.69, 9.17) is 0 Å². The molecule has 2 rings (SSSR count). The van der Waals surface area contributed by atoms with Crippen LogP contribution in [0.2, 0.25) is 0 Å². The fourth-order valence-electron chi connectivity index (χ4n) is 2.63. The van der Waals surface area contributed by atoms with Gasteiger partial charge in [-0.15, -0.1) is 0 Å². The second-order valence-electron chi connectivity index (χ2n) is 3.99. The number of hydrogen-bond donors (Lipinski definition) is 0. The molecule has 0 N–H and O–H groups in total. The third kappa shape index (κ3) is 0.889. The van der Waals surface area contributed by atoms with Crippen molar-refractivity contribution in [2.45, 2.75) is 39.0 Å². The molecule has 2 aliphatic carbocycles. The van der Waals surface area contributed by atoms with Crippen LogP contribution in [0.15, 0.2) is 0 Å². The molecule has 0 amide bonds. The van der Waals surface area contributed by atoms with Gasteiger partial charge in [0.2, 0.25) is 0 Å². The normalized spacial score (nSPS) is 49.7. The predicted molar refractivity (Wildman–Crippen MR) is 39.2 cm³/mol. The summed E-state index contributed by atoms with van der Waals surface area (Å²) in [5, 5.41) is 0. The zero-order valence-electron chi connectivity index (χ0n) is 6.27. The van der Waals surface area contributed by atoms with Crippen LogP contribution >= 0.6 is 0 Å². The molecule has 3 unspecified atom stereocenters. The van der Waals surface area contributed by atoms with Gasteiger partial charge in [-0.25, -0.2) is 0 Å². The summed E-state index contributed by atoms with van der Waals surface area (Å²) in [6.45, 7) is 2.44. The molecular weight excluding hydrogens is 108 g/mol. The first-order chi connectivity index (χ1) is 4.36. The topological polar surface area (TPSA) is 0 Å². The summed E-state index contributed by atoms with van der Waals surface area (Å²) in [6, 6.07) is 0. The van der Waals surface area contributed by atoms with Crippen molar-refractivity contribution in [3.05, 3.63) is 0 Å². The molecule has 0 spiro atoms. The van der Waals surface area contributed by atoms with Crippen LogP contribution in [0, 0.1) is 17.8 Å². The average molecular weight is 124 g/mol. The van der Waals surface area contributed by atoms with Gasteiger partial charge in [-0.1, -0.05) is 26.2 Å². The second-order valence-corrected chi connectivity index (χ2v) is 3.99. The molecule has 2 bridgehead atoms. The Morgan fingerprint density at radius 1 is 1.00 bits per heavy atom. The van der Waals surface area contributed by atoms with Crippen molar-refractivity contribution in [2.24, 2.45) is 17.8 Å². The molecule has 52 valence electrons. The van der Waals surface area contributed by atoms with Crippen LogP contribution in [0.5, 0.6) is 0 Å². The zero-order valence-corrected chi connectivity index (χ0v) is 6.27. The first-order valence-corrected chi connectivity index (χ1v) is 4.36. The molecule has 0 heterocycles. The van der Waals surface area contributed by atoms with Crippen LogP contribution in [-0.2, 0) is 0 Å². The van der Waals surface area contributed by atoms with Crippen molar-refractivity contribution in [1.29, 1.82) is 0 Å². The van der Waals surface area contributed by atoms with Gasteiger partial charge in [0.1, 0.15) is 0 Å². The molecule has 3 atom stereocenters. The van der Waals surface area contributed by atoms with E-state index in [1.807, 2.05) is 0 Å². The van der Waals surface area contributed by atoms with Crippen molar-refractivity contribution >= 4 is 0 Å². The minimum atomic E-state index is 1.06. The fourth-order valence-corrected chi connectivity index (χ4v) is 2.63. The van der Waals surface area contributed by atoms with Crippen LogP contribution in [0.3, 0.4) is 0 Å². The highest BCUT2D eigenvalue weighted by atomic mass is 14.4. The van der Waals surface area contributed by atoms with Gasteiger partial charge in [-0.05, 0) is 30.6 Å². The van der Waals surface area contributed by atoms with E-state index < -0.39 is 0 Å². The molecule has 2 fully saturated rings. The molecule has 0 radical (unpaired) electrons. The van der Waals surface area contributed by atoms with Gasteiger partial charge in [-0.2, -0.15) is 0 Å². The van der Waals surface area contributed by atoms with Crippen molar-refractivity contribution in [3.8, 4) is 0 Å². The van der Waals surface area contributed by atoms with Gasteiger partial charge < -0.3 is 0 Å². The number of hydrogen-bond acceptors (Lipinski definition) is 0. The largest absolute Gasteiger partial charge is 0.0622 e. The highest BCUT2D eigenvalue weighted by Crippen LogP contribution is 2.44. The molecule has 0 nitrogen and oxygen atoms in total. The SMILES string of the molecule is CC1CCC2CCC1C2. The van der Waals surface area contributed by atoms with E-state index in [-0.39, 0.29) is 0 Å². The molecule has 0 aromatic heterocycles. The van der Waals surface area contributed by atoms with Crippen LogP contribution < -0.4 is 0 Å². The summed E-state index contributed by atoms with van der Waals surface area (Å²) in [5.41, 5.74) is 0. The maximum absolute atomic E-state index is 2.44. The number of fused-ring (bicyclic) bond motifs is 2. The molecule has 0 aromatic rings. The summed E-state index contributed by atoms with van der Waals surface area (Å²) >= 11 is 0. The predicted octanol–water partition coefficient (Wildman–Crippen LogP) is 2.83. The van der Waals surface area contributed by atoms with Gasteiger partial charge in [-0.3, -0.25) is 0 Å². The Hall–Kier alpha value is 0. The van der Waals surface area contributed by atoms with Crippen LogP contribution in [-0.4, -0.2) is 0 Å². The van der Waals surface area contributed by atoms with Crippen molar-refractivity contribution in [1.82, 2.24) is 0 Å². The Morgan fingerprint density at radius 3 is 2.56 bits per heavy atom. The van der Waals surface area contributed by atoms with Gasteiger partial charge in [0.25, 0.3) is 0 Å². The first kappa shape index (κ1) is 5.76. The lowest BCUT2D eigenvalue weighted by Crippen LogP contribution is -2.14. The average Bonchev–Trinajstić information content (AvgIpc) is 2.25. The van der Waals surface area contributed by atoms with Crippen LogP contribution in [0.25, 0.3) is 0 Å². The van der Waals surface area contributed by atoms with Gasteiger partial charge in [0.05, 0.1) is 0 Å². The Balaban J connectivity index is 2.05. The van der Waals surface area contributed by atoms with E-state index in [9.17, 15) is 0 Å². The monoisotopic (exact) mass is 124 g/mol. The molecule has 2 aliphatic rings.